The minimum absolute atomic E-state index is 0.398. The third kappa shape index (κ3) is 2.35. The molecule has 21 heavy (non-hydrogen) atoms. The molecule has 3 aromatic rings. The van der Waals surface area contributed by atoms with Crippen molar-refractivity contribution >= 4 is 22.7 Å². The highest BCUT2D eigenvalue weighted by Gasteiger charge is 2.30. The minimum Gasteiger partial charge on any atom is -0.337 e. The number of hydrogen-bond acceptors (Lipinski definition) is 4. The molecule has 3 nitrogen and oxygen atoms in total. The van der Waals surface area contributed by atoms with Crippen molar-refractivity contribution in [3.8, 4) is 0 Å². The number of aryl methyl sites for hydroxylation is 1. The molecule has 0 fully saturated rings. The van der Waals surface area contributed by atoms with Crippen LogP contribution >= 0.6 is 22.7 Å². The fourth-order valence-electron chi connectivity index (χ4n) is 3.06. The second-order valence-electron chi connectivity index (χ2n) is 5.43. The van der Waals surface area contributed by atoms with E-state index in [0.29, 0.717) is 6.04 Å². The normalized spacial score (nSPS) is 18.8. The molecule has 0 unspecified atom stereocenters. The topological polar surface area (TPSA) is 21.1 Å². The highest BCUT2D eigenvalue weighted by molar-refractivity contribution is 7.10. The molecular weight excluding hydrogens is 298 g/mol. The van der Waals surface area contributed by atoms with Gasteiger partial charge in [-0.3, -0.25) is 4.90 Å². The molecule has 1 aliphatic heterocycles. The van der Waals surface area contributed by atoms with E-state index in [1.807, 2.05) is 35.2 Å². The molecule has 4 rings (SSSR count). The Morgan fingerprint density at radius 2 is 2.24 bits per heavy atom. The first-order valence-electron chi connectivity index (χ1n) is 7.12. The van der Waals surface area contributed by atoms with Crippen LogP contribution in [0.25, 0.3) is 0 Å². The van der Waals surface area contributed by atoms with Crippen molar-refractivity contribution in [3.63, 3.8) is 0 Å². The van der Waals surface area contributed by atoms with Crippen LogP contribution in [0.15, 0.2) is 41.5 Å². The van der Waals surface area contributed by atoms with Crippen LogP contribution in [-0.4, -0.2) is 21.0 Å². The van der Waals surface area contributed by atoms with E-state index in [1.54, 1.807) is 4.88 Å². The van der Waals surface area contributed by atoms with Crippen molar-refractivity contribution in [2.45, 2.75) is 19.0 Å². The lowest BCUT2D eigenvalue weighted by Gasteiger charge is -2.35. The van der Waals surface area contributed by atoms with Crippen LogP contribution in [0.5, 0.6) is 0 Å². The Kier molecular flexibility index (Phi) is 3.41. The van der Waals surface area contributed by atoms with E-state index in [-0.39, 0.29) is 0 Å². The predicted octanol–water partition coefficient (Wildman–Crippen LogP) is 3.69. The van der Waals surface area contributed by atoms with Crippen LogP contribution in [0.4, 0.5) is 0 Å². The van der Waals surface area contributed by atoms with Gasteiger partial charge in [0.25, 0.3) is 0 Å². The van der Waals surface area contributed by atoms with Crippen molar-refractivity contribution in [1.29, 1.82) is 0 Å². The molecule has 5 heteroatoms. The Morgan fingerprint density at radius 1 is 1.29 bits per heavy atom. The number of aromatic nitrogens is 2. The minimum atomic E-state index is 0.398. The molecule has 0 saturated heterocycles. The summed E-state index contributed by atoms with van der Waals surface area (Å²) in [6.45, 7) is 2.07. The first kappa shape index (κ1) is 13.2. The molecule has 0 radical (unpaired) electrons. The third-order valence-corrected chi connectivity index (χ3v) is 6.08. The summed E-state index contributed by atoms with van der Waals surface area (Å²) in [5.74, 6) is 0. The quantitative estimate of drug-likeness (QED) is 0.735. The van der Waals surface area contributed by atoms with Gasteiger partial charge in [-0.15, -0.1) is 22.7 Å². The van der Waals surface area contributed by atoms with E-state index in [2.05, 4.69) is 50.5 Å². The zero-order valence-corrected chi connectivity index (χ0v) is 13.5. The first-order valence-corrected chi connectivity index (χ1v) is 8.88. The van der Waals surface area contributed by atoms with E-state index in [9.17, 15) is 0 Å². The fraction of sp³-hybridized carbons (Fsp3) is 0.312. The molecule has 108 valence electrons. The zero-order chi connectivity index (χ0) is 14.2. The van der Waals surface area contributed by atoms with E-state index >= 15 is 0 Å². The van der Waals surface area contributed by atoms with Gasteiger partial charge >= 0.3 is 0 Å². The summed E-state index contributed by atoms with van der Waals surface area (Å²) >= 11 is 3.76. The standard InChI is InChI=1S/C16H17N3S2/c1-18-11-17-9-12(18)10-19-6-4-14-13(5-8-21-14)16(19)15-3-2-7-20-15/h2-3,5,7-9,11,16H,4,6,10H2,1H3/t16-/m1/s1. The summed E-state index contributed by atoms with van der Waals surface area (Å²) in [6, 6.07) is 7.12. The summed E-state index contributed by atoms with van der Waals surface area (Å²) in [5.41, 5.74) is 2.77. The SMILES string of the molecule is Cn1cncc1CN1CCc2sccc2[C@@H]1c1cccs1. The number of rotatable bonds is 3. The average Bonchev–Trinajstić information content (AvgIpc) is 3.21. The van der Waals surface area contributed by atoms with Gasteiger partial charge in [0.2, 0.25) is 0 Å². The Bertz CT molecular complexity index is 726. The van der Waals surface area contributed by atoms with Crippen molar-refractivity contribution < 1.29 is 0 Å². The van der Waals surface area contributed by atoms with Crippen molar-refractivity contribution in [2.75, 3.05) is 6.54 Å². The number of nitrogens with zero attached hydrogens (tertiary/aromatic N) is 3. The second-order valence-corrected chi connectivity index (χ2v) is 7.41. The van der Waals surface area contributed by atoms with Gasteiger partial charge in [-0.2, -0.15) is 0 Å². The van der Waals surface area contributed by atoms with Gasteiger partial charge in [0.1, 0.15) is 0 Å². The molecule has 0 N–H and O–H groups in total. The summed E-state index contributed by atoms with van der Waals surface area (Å²) in [5, 5.41) is 4.41. The Hall–Kier alpha value is -1.43. The smallest absolute Gasteiger partial charge is 0.0945 e. The van der Waals surface area contributed by atoms with Crippen LogP contribution in [0.2, 0.25) is 0 Å². The van der Waals surface area contributed by atoms with Crippen LogP contribution in [0, 0.1) is 0 Å². The highest BCUT2D eigenvalue weighted by atomic mass is 32.1. The summed E-state index contributed by atoms with van der Waals surface area (Å²) < 4.78 is 2.12. The lowest BCUT2D eigenvalue weighted by molar-refractivity contribution is 0.204. The van der Waals surface area contributed by atoms with E-state index in [4.69, 9.17) is 0 Å². The Labute approximate surface area is 132 Å². The molecular formula is C16H17N3S2. The van der Waals surface area contributed by atoms with Gasteiger partial charge in [0.05, 0.1) is 18.1 Å². The van der Waals surface area contributed by atoms with Crippen LogP contribution in [-0.2, 0) is 20.0 Å². The van der Waals surface area contributed by atoms with Crippen molar-refractivity contribution in [1.82, 2.24) is 14.5 Å². The average molecular weight is 315 g/mol. The summed E-state index contributed by atoms with van der Waals surface area (Å²) in [7, 11) is 2.07. The molecule has 0 bridgehead atoms. The zero-order valence-electron chi connectivity index (χ0n) is 11.9. The van der Waals surface area contributed by atoms with Crippen LogP contribution in [0.3, 0.4) is 0 Å². The van der Waals surface area contributed by atoms with E-state index in [1.165, 1.54) is 16.1 Å². The molecule has 1 aliphatic rings. The Morgan fingerprint density at radius 3 is 3.00 bits per heavy atom. The van der Waals surface area contributed by atoms with Gasteiger partial charge in [0.15, 0.2) is 0 Å². The molecule has 0 saturated carbocycles. The van der Waals surface area contributed by atoms with Crippen molar-refractivity contribution in [2.24, 2.45) is 7.05 Å². The molecule has 0 spiro atoms. The largest absolute Gasteiger partial charge is 0.337 e. The van der Waals surface area contributed by atoms with Crippen molar-refractivity contribution in [3.05, 3.63) is 62.5 Å². The molecule has 0 aromatic carbocycles. The van der Waals surface area contributed by atoms with E-state index in [0.717, 1.165) is 19.5 Å². The maximum absolute atomic E-state index is 4.25. The van der Waals surface area contributed by atoms with Gasteiger partial charge in [-0.1, -0.05) is 6.07 Å². The van der Waals surface area contributed by atoms with Crippen LogP contribution < -0.4 is 0 Å². The summed E-state index contributed by atoms with van der Waals surface area (Å²) in [4.78, 5) is 9.82. The summed E-state index contributed by atoms with van der Waals surface area (Å²) in [6.07, 6.45) is 5.02. The predicted molar refractivity (Wildman–Crippen MR) is 87.8 cm³/mol. The van der Waals surface area contributed by atoms with Gasteiger partial charge in [-0.25, -0.2) is 4.98 Å². The van der Waals surface area contributed by atoms with E-state index < -0.39 is 0 Å². The molecule has 1 atom stereocenters. The maximum Gasteiger partial charge on any atom is 0.0945 e. The van der Waals surface area contributed by atoms with Gasteiger partial charge < -0.3 is 4.57 Å². The lowest BCUT2D eigenvalue weighted by atomic mass is 9.98. The number of hydrogen-bond donors (Lipinski definition) is 0. The number of fused-ring (bicyclic) bond motifs is 1. The maximum atomic E-state index is 4.25. The van der Waals surface area contributed by atoms with Gasteiger partial charge in [-0.05, 0) is 34.9 Å². The van der Waals surface area contributed by atoms with Gasteiger partial charge in [0, 0.05) is 36.1 Å². The highest BCUT2D eigenvalue weighted by Crippen LogP contribution is 2.39. The number of thiophene rings is 2. The lowest BCUT2D eigenvalue weighted by Crippen LogP contribution is -2.35. The molecule has 0 aliphatic carbocycles. The van der Waals surface area contributed by atoms with Crippen LogP contribution in [0.1, 0.15) is 27.1 Å². The Balaban J connectivity index is 1.71. The molecule has 0 amide bonds. The molecule has 3 aromatic heterocycles. The first-order chi connectivity index (χ1) is 10.3. The fourth-order valence-corrected chi connectivity index (χ4v) is 4.84. The number of imidazole rings is 1. The molecule has 4 heterocycles. The monoisotopic (exact) mass is 315 g/mol. The third-order valence-electron chi connectivity index (χ3n) is 4.16. The second kappa shape index (κ2) is 5.40.